The minimum atomic E-state index is 0. The Bertz CT molecular complexity index is 365. The third-order valence-corrected chi connectivity index (χ3v) is 4.68. The molecule has 0 amide bonds. The van der Waals surface area contributed by atoms with Crippen LogP contribution in [0.2, 0.25) is 0 Å². The molecule has 1 heterocycles. The van der Waals surface area contributed by atoms with Crippen molar-refractivity contribution in [2.24, 2.45) is 0 Å². The molecule has 3 rings (SSSR count). The average molecular weight is 281 g/mol. The number of halogens is 1. The van der Waals surface area contributed by atoms with Crippen molar-refractivity contribution in [3.8, 4) is 0 Å². The Kier molecular flexibility index (Phi) is 5.26. The van der Waals surface area contributed by atoms with Crippen LogP contribution < -0.4 is 5.32 Å². The maximum atomic E-state index is 3.62. The fourth-order valence-electron chi connectivity index (χ4n) is 3.64. The molecule has 0 unspecified atom stereocenters. The Morgan fingerprint density at radius 2 is 1.79 bits per heavy atom. The summed E-state index contributed by atoms with van der Waals surface area (Å²) in [5.41, 5.74) is 1.91. The van der Waals surface area contributed by atoms with E-state index in [1.54, 1.807) is 0 Å². The predicted octanol–water partition coefficient (Wildman–Crippen LogP) is 3.22. The SMILES string of the molecule is Cl.c1ccc(CN2CCNCC23CCCCC3)cc1. The van der Waals surface area contributed by atoms with E-state index in [1.807, 2.05) is 0 Å². The van der Waals surface area contributed by atoms with Gasteiger partial charge in [-0.05, 0) is 18.4 Å². The molecule has 1 aromatic rings. The second kappa shape index (κ2) is 6.74. The second-order valence-electron chi connectivity index (χ2n) is 5.87. The molecule has 106 valence electrons. The van der Waals surface area contributed by atoms with E-state index in [0.29, 0.717) is 5.54 Å². The number of benzene rings is 1. The van der Waals surface area contributed by atoms with Crippen LogP contribution in [0.1, 0.15) is 37.7 Å². The lowest BCUT2D eigenvalue weighted by Crippen LogP contribution is -2.61. The van der Waals surface area contributed by atoms with Crippen LogP contribution in [-0.4, -0.2) is 30.1 Å². The van der Waals surface area contributed by atoms with Crippen molar-refractivity contribution in [3.05, 3.63) is 35.9 Å². The highest BCUT2D eigenvalue weighted by Gasteiger charge is 2.39. The topological polar surface area (TPSA) is 15.3 Å². The van der Waals surface area contributed by atoms with E-state index in [4.69, 9.17) is 0 Å². The standard InChI is InChI=1S/C16H24N2.ClH/c1-3-7-15(8-4-1)13-18-12-11-17-14-16(18)9-5-2-6-10-16;/h1,3-4,7-8,17H,2,5-6,9-14H2;1H. The third kappa shape index (κ3) is 3.31. The summed E-state index contributed by atoms with van der Waals surface area (Å²) in [6.45, 7) is 4.67. The molecule has 0 bridgehead atoms. The van der Waals surface area contributed by atoms with Crippen LogP contribution in [0.4, 0.5) is 0 Å². The third-order valence-electron chi connectivity index (χ3n) is 4.68. The Balaban J connectivity index is 0.00000133. The molecule has 1 N–H and O–H groups in total. The smallest absolute Gasteiger partial charge is 0.0338 e. The van der Waals surface area contributed by atoms with E-state index in [0.717, 1.165) is 13.1 Å². The van der Waals surface area contributed by atoms with Gasteiger partial charge < -0.3 is 5.32 Å². The number of hydrogen-bond acceptors (Lipinski definition) is 2. The van der Waals surface area contributed by atoms with Gasteiger partial charge in [0.05, 0.1) is 0 Å². The Hall–Kier alpha value is -0.570. The quantitative estimate of drug-likeness (QED) is 0.895. The molecule has 1 aromatic carbocycles. The average Bonchev–Trinajstić information content (AvgIpc) is 2.44. The summed E-state index contributed by atoms with van der Waals surface area (Å²) < 4.78 is 0. The summed E-state index contributed by atoms with van der Waals surface area (Å²) in [5, 5.41) is 3.62. The first kappa shape index (κ1) is 14.8. The predicted molar refractivity (Wildman–Crippen MR) is 82.8 cm³/mol. The number of nitrogens with one attached hydrogen (secondary N) is 1. The molecule has 2 nitrogen and oxygen atoms in total. The van der Waals surface area contributed by atoms with E-state index >= 15 is 0 Å². The van der Waals surface area contributed by atoms with E-state index in [2.05, 4.69) is 40.5 Å². The molecule has 0 aromatic heterocycles. The molecule has 2 fully saturated rings. The highest BCUT2D eigenvalue weighted by molar-refractivity contribution is 5.85. The van der Waals surface area contributed by atoms with Crippen molar-refractivity contribution in [3.63, 3.8) is 0 Å². The molecule has 0 atom stereocenters. The zero-order valence-electron chi connectivity index (χ0n) is 11.6. The Labute approximate surface area is 123 Å². The van der Waals surface area contributed by atoms with Gasteiger partial charge in [0.2, 0.25) is 0 Å². The van der Waals surface area contributed by atoms with Crippen LogP contribution >= 0.6 is 12.4 Å². The van der Waals surface area contributed by atoms with Gasteiger partial charge >= 0.3 is 0 Å². The highest BCUT2D eigenvalue weighted by atomic mass is 35.5. The summed E-state index contributed by atoms with van der Waals surface area (Å²) in [6, 6.07) is 10.9. The first-order chi connectivity index (χ1) is 8.89. The fraction of sp³-hybridized carbons (Fsp3) is 0.625. The summed E-state index contributed by atoms with van der Waals surface area (Å²) in [6.07, 6.45) is 7.01. The maximum Gasteiger partial charge on any atom is 0.0338 e. The molecule has 1 aliphatic heterocycles. The van der Waals surface area contributed by atoms with E-state index in [-0.39, 0.29) is 12.4 Å². The zero-order chi connectivity index (χ0) is 12.3. The zero-order valence-corrected chi connectivity index (χ0v) is 12.4. The van der Waals surface area contributed by atoms with Crippen molar-refractivity contribution in [1.82, 2.24) is 10.2 Å². The number of hydrogen-bond donors (Lipinski definition) is 1. The van der Waals surface area contributed by atoms with Gasteiger partial charge in [-0.15, -0.1) is 12.4 Å². The van der Waals surface area contributed by atoms with Gasteiger partial charge in [0.15, 0.2) is 0 Å². The number of rotatable bonds is 2. The van der Waals surface area contributed by atoms with Crippen molar-refractivity contribution in [2.75, 3.05) is 19.6 Å². The summed E-state index contributed by atoms with van der Waals surface area (Å²) in [5.74, 6) is 0. The molecular weight excluding hydrogens is 256 g/mol. The lowest BCUT2D eigenvalue weighted by molar-refractivity contribution is 0.0209. The normalized spacial score (nSPS) is 22.9. The van der Waals surface area contributed by atoms with Crippen LogP contribution in [-0.2, 0) is 6.54 Å². The fourth-order valence-corrected chi connectivity index (χ4v) is 3.64. The van der Waals surface area contributed by atoms with E-state index in [9.17, 15) is 0 Å². The minimum absolute atomic E-state index is 0. The van der Waals surface area contributed by atoms with Crippen LogP contribution in [0.15, 0.2) is 30.3 Å². The highest BCUT2D eigenvalue weighted by Crippen LogP contribution is 2.35. The molecule has 1 saturated heterocycles. The van der Waals surface area contributed by atoms with Gasteiger partial charge in [0, 0.05) is 31.7 Å². The lowest BCUT2D eigenvalue weighted by atomic mass is 9.79. The van der Waals surface area contributed by atoms with E-state index < -0.39 is 0 Å². The molecule has 1 saturated carbocycles. The Morgan fingerprint density at radius 1 is 1.05 bits per heavy atom. The number of nitrogens with zero attached hydrogens (tertiary/aromatic N) is 1. The minimum Gasteiger partial charge on any atom is -0.314 e. The molecular formula is C16H25ClN2. The Morgan fingerprint density at radius 3 is 2.53 bits per heavy atom. The summed E-state index contributed by atoms with van der Waals surface area (Å²) in [7, 11) is 0. The van der Waals surface area contributed by atoms with Crippen molar-refractivity contribution in [1.29, 1.82) is 0 Å². The van der Waals surface area contributed by atoms with Gasteiger partial charge in [-0.3, -0.25) is 4.90 Å². The second-order valence-corrected chi connectivity index (χ2v) is 5.87. The van der Waals surface area contributed by atoms with Gasteiger partial charge in [0.1, 0.15) is 0 Å². The molecule has 19 heavy (non-hydrogen) atoms. The number of piperazine rings is 1. The molecule has 3 heteroatoms. The van der Waals surface area contributed by atoms with Gasteiger partial charge in [-0.25, -0.2) is 0 Å². The van der Waals surface area contributed by atoms with Crippen LogP contribution in [0.25, 0.3) is 0 Å². The monoisotopic (exact) mass is 280 g/mol. The van der Waals surface area contributed by atoms with Crippen LogP contribution in [0, 0.1) is 0 Å². The van der Waals surface area contributed by atoms with Crippen molar-refractivity contribution < 1.29 is 0 Å². The first-order valence-corrected chi connectivity index (χ1v) is 7.39. The summed E-state index contributed by atoms with van der Waals surface area (Å²) in [4.78, 5) is 2.75. The van der Waals surface area contributed by atoms with Crippen LogP contribution in [0.3, 0.4) is 0 Å². The summed E-state index contributed by atoms with van der Waals surface area (Å²) >= 11 is 0. The molecule has 1 aliphatic carbocycles. The lowest BCUT2D eigenvalue weighted by Gasteiger charge is -2.50. The van der Waals surface area contributed by atoms with Gasteiger partial charge in [-0.2, -0.15) is 0 Å². The van der Waals surface area contributed by atoms with Gasteiger partial charge in [0.25, 0.3) is 0 Å². The largest absolute Gasteiger partial charge is 0.314 e. The van der Waals surface area contributed by atoms with Gasteiger partial charge in [-0.1, -0.05) is 49.6 Å². The maximum absolute atomic E-state index is 3.62. The van der Waals surface area contributed by atoms with E-state index in [1.165, 1.54) is 50.8 Å². The first-order valence-electron chi connectivity index (χ1n) is 7.39. The molecule has 2 aliphatic rings. The molecule has 0 radical (unpaired) electrons. The van der Waals surface area contributed by atoms with Crippen molar-refractivity contribution in [2.45, 2.75) is 44.2 Å². The van der Waals surface area contributed by atoms with Crippen molar-refractivity contribution >= 4 is 12.4 Å². The van der Waals surface area contributed by atoms with Crippen LogP contribution in [0.5, 0.6) is 0 Å². The molecule has 1 spiro atoms.